The Balaban J connectivity index is 2.91. The van der Waals surface area contributed by atoms with E-state index in [0.717, 1.165) is 12.1 Å². The van der Waals surface area contributed by atoms with Crippen molar-refractivity contribution in [2.75, 3.05) is 11.9 Å². The predicted octanol–water partition coefficient (Wildman–Crippen LogP) is 2.63. The summed E-state index contributed by atoms with van der Waals surface area (Å²) in [5.41, 5.74) is 4.62. The third-order valence-corrected chi connectivity index (χ3v) is 2.29. The van der Waals surface area contributed by atoms with Gasteiger partial charge >= 0.3 is 6.18 Å². The lowest BCUT2D eigenvalue weighted by molar-refractivity contribution is -0.137. The molecule has 0 amide bonds. The molecule has 94 valence electrons. The molecule has 1 aromatic rings. The largest absolute Gasteiger partial charge is 0.416 e. The molecule has 0 bridgehead atoms. The Hall–Kier alpha value is -1.44. The van der Waals surface area contributed by atoms with E-state index in [1.807, 2.05) is 0 Å². The van der Waals surface area contributed by atoms with Gasteiger partial charge in [-0.2, -0.15) is 13.2 Å². The molecule has 0 aliphatic carbocycles. The molecule has 17 heavy (non-hydrogen) atoms. The number of halogens is 4. The lowest BCUT2D eigenvalue weighted by atomic mass is 10.2. The highest BCUT2D eigenvalue weighted by molar-refractivity contribution is 9.10. The van der Waals surface area contributed by atoms with Gasteiger partial charge in [-0.3, -0.25) is 0 Å². The van der Waals surface area contributed by atoms with Gasteiger partial charge in [0, 0.05) is 10.2 Å². The third-order valence-electron chi connectivity index (χ3n) is 1.83. The van der Waals surface area contributed by atoms with Crippen molar-refractivity contribution in [1.29, 1.82) is 0 Å². The normalized spacial score (nSPS) is 12.6. The number of oxime groups is 1. The zero-order valence-electron chi connectivity index (χ0n) is 8.42. The predicted molar refractivity (Wildman–Crippen MR) is 61.0 cm³/mol. The maximum absolute atomic E-state index is 12.5. The van der Waals surface area contributed by atoms with Crippen LogP contribution in [0.1, 0.15) is 5.56 Å². The topological polar surface area (TPSA) is 70.6 Å². The molecule has 0 fully saturated rings. The molecular formula is C9H9BrF3N3O. The summed E-state index contributed by atoms with van der Waals surface area (Å²) in [5.74, 6) is -0.126. The Morgan fingerprint density at radius 2 is 2.06 bits per heavy atom. The van der Waals surface area contributed by atoms with E-state index in [-0.39, 0.29) is 22.5 Å². The van der Waals surface area contributed by atoms with E-state index in [1.165, 1.54) is 6.07 Å². The number of hydrogen-bond donors (Lipinski definition) is 3. The summed E-state index contributed by atoms with van der Waals surface area (Å²) < 4.78 is 37.7. The van der Waals surface area contributed by atoms with Crippen LogP contribution in [0.2, 0.25) is 0 Å². The van der Waals surface area contributed by atoms with Gasteiger partial charge in [0.05, 0.1) is 12.1 Å². The Morgan fingerprint density at radius 1 is 1.41 bits per heavy atom. The summed E-state index contributed by atoms with van der Waals surface area (Å²) in [6.45, 7) is -0.0513. The number of nitrogens with one attached hydrogen (secondary N) is 1. The van der Waals surface area contributed by atoms with Crippen LogP contribution in [0.15, 0.2) is 27.8 Å². The van der Waals surface area contributed by atoms with Gasteiger partial charge in [0.2, 0.25) is 0 Å². The average molecular weight is 312 g/mol. The first-order valence-corrected chi connectivity index (χ1v) is 5.20. The molecule has 0 aliphatic rings. The van der Waals surface area contributed by atoms with Gasteiger partial charge in [0.1, 0.15) is 0 Å². The summed E-state index contributed by atoms with van der Waals surface area (Å²) in [6, 6.07) is 3.37. The molecule has 0 saturated carbocycles. The van der Waals surface area contributed by atoms with Crippen LogP contribution >= 0.6 is 15.9 Å². The first-order valence-electron chi connectivity index (χ1n) is 4.41. The van der Waals surface area contributed by atoms with Gasteiger partial charge in [0.25, 0.3) is 0 Å². The van der Waals surface area contributed by atoms with Gasteiger partial charge in [-0.15, -0.1) is 0 Å². The Kier molecular flexibility index (Phi) is 4.22. The van der Waals surface area contributed by atoms with Gasteiger partial charge in [0.15, 0.2) is 5.84 Å². The number of hydrogen-bond acceptors (Lipinski definition) is 3. The molecule has 0 aromatic heterocycles. The van der Waals surface area contributed by atoms with Crippen molar-refractivity contribution >= 4 is 27.5 Å². The monoisotopic (exact) mass is 311 g/mol. The molecule has 8 heteroatoms. The number of amidine groups is 1. The summed E-state index contributed by atoms with van der Waals surface area (Å²) >= 11 is 2.98. The van der Waals surface area contributed by atoms with Crippen molar-refractivity contribution in [3.8, 4) is 0 Å². The quantitative estimate of drug-likeness (QED) is 0.348. The van der Waals surface area contributed by atoms with E-state index in [1.54, 1.807) is 0 Å². The minimum absolute atomic E-state index is 0.0513. The molecule has 0 unspecified atom stereocenters. The Morgan fingerprint density at radius 3 is 2.59 bits per heavy atom. The fraction of sp³-hybridized carbons (Fsp3) is 0.222. The van der Waals surface area contributed by atoms with Crippen molar-refractivity contribution in [3.63, 3.8) is 0 Å². The summed E-state index contributed by atoms with van der Waals surface area (Å²) in [7, 11) is 0. The number of rotatable bonds is 3. The highest BCUT2D eigenvalue weighted by Gasteiger charge is 2.31. The lowest BCUT2D eigenvalue weighted by Gasteiger charge is -2.11. The fourth-order valence-corrected chi connectivity index (χ4v) is 1.58. The maximum atomic E-state index is 12.5. The lowest BCUT2D eigenvalue weighted by Crippen LogP contribution is -2.22. The van der Waals surface area contributed by atoms with Gasteiger partial charge in [-0.1, -0.05) is 21.1 Å². The smallest absolute Gasteiger partial charge is 0.409 e. The summed E-state index contributed by atoms with van der Waals surface area (Å²) in [6.07, 6.45) is -4.42. The second-order valence-electron chi connectivity index (χ2n) is 3.17. The SMILES string of the molecule is NC(CNc1cc(Br)cc(C(F)(F)F)c1)=NO. The van der Waals surface area contributed by atoms with Crippen LogP contribution in [0, 0.1) is 0 Å². The second kappa shape index (κ2) is 5.26. The van der Waals surface area contributed by atoms with Gasteiger partial charge < -0.3 is 16.3 Å². The third kappa shape index (κ3) is 4.14. The zero-order valence-corrected chi connectivity index (χ0v) is 10.0. The highest BCUT2D eigenvalue weighted by atomic mass is 79.9. The van der Waals surface area contributed by atoms with Crippen LogP contribution in [0.25, 0.3) is 0 Å². The number of anilines is 1. The van der Waals surface area contributed by atoms with Crippen molar-refractivity contribution in [2.24, 2.45) is 10.9 Å². The van der Waals surface area contributed by atoms with Gasteiger partial charge in [-0.05, 0) is 18.2 Å². The van der Waals surface area contributed by atoms with Gasteiger partial charge in [-0.25, -0.2) is 0 Å². The molecule has 1 aromatic carbocycles. The number of benzene rings is 1. The molecular weight excluding hydrogens is 303 g/mol. The van der Waals surface area contributed by atoms with Crippen LogP contribution < -0.4 is 11.1 Å². The fourth-order valence-electron chi connectivity index (χ4n) is 1.08. The molecule has 0 heterocycles. The van der Waals surface area contributed by atoms with Crippen LogP contribution in [0.4, 0.5) is 18.9 Å². The van der Waals surface area contributed by atoms with Crippen LogP contribution in [-0.4, -0.2) is 17.6 Å². The maximum Gasteiger partial charge on any atom is 0.416 e. The standard InChI is InChI=1S/C9H9BrF3N3O/c10-6-1-5(9(11,12)13)2-7(3-6)15-4-8(14)16-17/h1-3,15,17H,4H2,(H2,14,16). The molecule has 0 spiro atoms. The van der Waals surface area contributed by atoms with E-state index in [2.05, 4.69) is 26.4 Å². The second-order valence-corrected chi connectivity index (χ2v) is 4.09. The Labute approximate surface area is 103 Å². The minimum Gasteiger partial charge on any atom is -0.409 e. The molecule has 0 saturated heterocycles. The summed E-state index contributed by atoms with van der Waals surface area (Å²) in [5, 5.41) is 13.6. The van der Waals surface area contributed by atoms with E-state index >= 15 is 0 Å². The number of nitrogens with zero attached hydrogens (tertiary/aromatic N) is 1. The molecule has 4 nitrogen and oxygen atoms in total. The van der Waals surface area contributed by atoms with Crippen LogP contribution in [0.3, 0.4) is 0 Å². The molecule has 0 atom stereocenters. The zero-order chi connectivity index (χ0) is 13.1. The molecule has 0 radical (unpaired) electrons. The van der Waals surface area contributed by atoms with Crippen molar-refractivity contribution in [2.45, 2.75) is 6.18 Å². The molecule has 4 N–H and O–H groups in total. The van der Waals surface area contributed by atoms with Crippen molar-refractivity contribution < 1.29 is 18.4 Å². The van der Waals surface area contributed by atoms with Crippen LogP contribution in [-0.2, 0) is 6.18 Å². The average Bonchev–Trinajstić information content (AvgIpc) is 2.24. The van der Waals surface area contributed by atoms with E-state index in [9.17, 15) is 13.2 Å². The first kappa shape index (κ1) is 13.6. The van der Waals surface area contributed by atoms with Crippen molar-refractivity contribution in [1.82, 2.24) is 0 Å². The first-order chi connectivity index (χ1) is 7.82. The van der Waals surface area contributed by atoms with E-state index in [0.29, 0.717) is 0 Å². The van der Waals surface area contributed by atoms with E-state index < -0.39 is 11.7 Å². The highest BCUT2D eigenvalue weighted by Crippen LogP contribution is 2.33. The van der Waals surface area contributed by atoms with Crippen molar-refractivity contribution in [3.05, 3.63) is 28.2 Å². The summed E-state index contributed by atoms with van der Waals surface area (Å²) in [4.78, 5) is 0. The number of alkyl halides is 3. The molecule has 0 aliphatic heterocycles. The minimum atomic E-state index is -4.42. The van der Waals surface area contributed by atoms with Crippen LogP contribution in [0.5, 0.6) is 0 Å². The number of nitrogens with two attached hydrogens (primary N) is 1. The van der Waals surface area contributed by atoms with E-state index in [4.69, 9.17) is 10.9 Å². The molecule has 1 rings (SSSR count). The Bertz CT molecular complexity index is 434.